The molecule has 186 valence electrons. The lowest BCUT2D eigenvalue weighted by Crippen LogP contribution is -2.16. The molecule has 1 aliphatic rings. The van der Waals surface area contributed by atoms with Crippen LogP contribution in [0.1, 0.15) is 36.3 Å². The average Bonchev–Trinajstić information content (AvgIpc) is 3.31. The molecule has 0 bridgehead atoms. The van der Waals surface area contributed by atoms with Gasteiger partial charge < -0.3 is 19.5 Å². The SMILES string of the molecule is COc1cc2nc(C)nc(N[C@H](C)c3cc([N+](=O)[O-])cc(C(F)(F)F)c3)c2cc1O[C@H]1CCOC1. The summed E-state index contributed by atoms with van der Waals surface area (Å²) in [6.07, 6.45) is -4.15. The number of aromatic nitrogens is 2. The normalized spacial score (nSPS) is 16.8. The van der Waals surface area contributed by atoms with E-state index in [2.05, 4.69) is 15.3 Å². The van der Waals surface area contributed by atoms with Gasteiger partial charge in [-0.1, -0.05) is 0 Å². The molecular formula is C23H23F3N4O5. The predicted octanol–water partition coefficient (Wildman–Crippen LogP) is 5.21. The van der Waals surface area contributed by atoms with E-state index < -0.39 is 28.4 Å². The number of halogens is 3. The van der Waals surface area contributed by atoms with Crippen molar-refractivity contribution >= 4 is 22.4 Å². The third kappa shape index (κ3) is 5.37. The Morgan fingerprint density at radius 1 is 1.20 bits per heavy atom. The van der Waals surface area contributed by atoms with Crippen LogP contribution in [-0.2, 0) is 10.9 Å². The van der Waals surface area contributed by atoms with E-state index in [9.17, 15) is 23.3 Å². The van der Waals surface area contributed by atoms with Gasteiger partial charge in [-0.25, -0.2) is 9.97 Å². The van der Waals surface area contributed by atoms with Crippen molar-refractivity contribution in [2.24, 2.45) is 0 Å². The highest BCUT2D eigenvalue weighted by Crippen LogP contribution is 2.38. The van der Waals surface area contributed by atoms with Gasteiger partial charge in [0.05, 0.1) is 42.4 Å². The van der Waals surface area contributed by atoms with E-state index in [1.165, 1.54) is 7.11 Å². The quantitative estimate of drug-likeness (QED) is 0.354. The molecule has 0 unspecified atom stereocenters. The molecule has 0 spiro atoms. The topological polar surface area (TPSA) is 109 Å². The van der Waals surface area contributed by atoms with Gasteiger partial charge in [0.2, 0.25) is 0 Å². The Bertz CT molecular complexity index is 1260. The highest BCUT2D eigenvalue weighted by Gasteiger charge is 2.33. The van der Waals surface area contributed by atoms with E-state index in [1.54, 1.807) is 26.0 Å². The first kappa shape index (κ1) is 24.5. The van der Waals surface area contributed by atoms with E-state index in [0.717, 1.165) is 18.6 Å². The Morgan fingerprint density at radius 2 is 1.97 bits per heavy atom. The number of rotatable bonds is 7. The molecule has 1 fully saturated rings. The van der Waals surface area contributed by atoms with Crippen LogP contribution in [0.2, 0.25) is 0 Å². The lowest BCUT2D eigenvalue weighted by Gasteiger charge is -2.20. The number of nitro benzene ring substituents is 1. The number of ether oxygens (including phenoxy) is 3. The lowest BCUT2D eigenvalue weighted by molar-refractivity contribution is -0.385. The zero-order valence-corrected chi connectivity index (χ0v) is 19.2. The highest BCUT2D eigenvalue weighted by molar-refractivity contribution is 5.92. The van der Waals surface area contributed by atoms with Crippen LogP contribution in [0.4, 0.5) is 24.7 Å². The number of hydrogen-bond acceptors (Lipinski definition) is 8. The smallest absolute Gasteiger partial charge is 0.416 e. The Hall–Kier alpha value is -3.67. The van der Waals surface area contributed by atoms with Crippen molar-refractivity contribution in [3.05, 3.63) is 57.4 Å². The first-order valence-corrected chi connectivity index (χ1v) is 10.8. The summed E-state index contributed by atoms with van der Waals surface area (Å²) < 4.78 is 56.9. The number of aryl methyl sites for hydroxylation is 1. The van der Waals surface area contributed by atoms with Gasteiger partial charge in [-0.3, -0.25) is 10.1 Å². The van der Waals surface area contributed by atoms with E-state index in [1.807, 2.05) is 0 Å². The maximum absolute atomic E-state index is 13.3. The van der Waals surface area contributed by atoms with Gasteiger partial charge in [0.15, 0.2) is 11.5 Å². The number of nitrogens with zero attached hydrogens (tertiary/aromatic N) is 3. The molecule has 0 amide bonds. The Kier molecular flexibility index (Phi) is 6.66. The van der Waals surface area contributed by atoms with Crippen molar-refractivity contribution in [1.82, 2.24) is 9.97 Å². The number of alkyl halides is 3. The minimum Gasteiger partial charge on any atom is -0.493 e. The number of nitrogens with one attached hydrogen (secondary N) is 1. The largest absolute Gasteiger partial charge is 0.493 e. The third-order valence-electron chi connectivity index (χ3n) is 5.61. The highest BCUT2D eigenvalue weighted by atomic mass is 19.4. The van der Waals surface area contributed by atoms with Gasteiger partial charge in [0.25, 0.3) is 5.69 Å². The monoisotopic (exact) mass is 492 g/mol. The molecule has 3 aromatic rings. The number of benzene rings is 2. The summed E-state index contributed by atoms with van der Waals surface area (Å²) in [6.45, 7) is 4.31. The predicted molar refractivity (Wildman–Crippen MR) is 121 cm³/mol. The van der Waals surface area contributed by atoms with Crippen molar-refractivity contribution in [3.8, 4) is 11.5 Å². The molecule has 4 rings (SSSR count). The van der Waals surface area contributed by atoms with E-state index >= 15 is 0 Å². The van der Waals surface area contributed by atoms with E-state index in [4.69, 9.17) is 14.2 Å². The minimum atomic E-state index is -4.73. The van der Waals surface area contributed by atoms with Crippen molar-refractivity contribution in [3.63, 3.8) is 0 Å². The molecule has 2 heterocycles. The van der Waals surface area contributed by atoms with Crippen LogP contribution in [0, 0.1) is 17.0 Å². The molecule has 12 heteroatoms. The fourth-order valence-corrected chi connectivity index (χ4v) is 3.84. The zero-order valence-electron chi connectivity index (χ0n) is 19.2. The van der Waals surface area contributed by atoms with Crippen LogP contribution in [-0.4, -0.2) is 41.3 Å². The lowest BCUT2D eigenvalue weighted by atomic mass is 10.0. The van der Waals surface area contributed by atoms with E-state index in [0.29, 0.717) is 53.3 Å². The van der Waals surface area contributed by atoms with Crippen LogP contribution in [0.15, 0.2) is 30.3 Å². The molecule has 1 aromatic heterocycles. The van der Waals surface area contributed by atoms with Gasteiger partial charge in [0, 0.05) is 30.0 Å². The molecule has 1 N–H and O–H groups in total. The number of fused-ring (bicyclic) bond motifs is 1. The number of non-ortho nitro benzene ring substituents is 1. The molecular weight excluding hydrogens is 469 g/mol. The van der Waals surface area contributed by atoms with Crippen molar-refractivity contribution in [1.29, 1.82) is 0 Å². The fourth-order valence-electron chi connectivity index (χ4n) is 3.84. The van der Waals surface area contributed by atoms with Gasteiger partial charge in [-0.15, -0.1) is 0 Å². The zero-order chi connectivity index (χ0) is 25.3. The second kappa shape index (κ2) is 9.53. The van der Waals surface area contributed by atoms with Crippen LogP contribution in [0.5, 0.6) is 11.5 Å². The fraction of sp³-hybridized carbons (Fsp3) is 0.391. The molecule has 35 heavy (non-hydrogen) atoms. The van der Waals surface area contributed by atoms with Gasteiger partial charge >= 0.3 is 6.18 Å². The molecule has 2 aromatic carbocycles. The van der Waals surface area contributed by atoms with Crippen molar-refractivity contribution < 1.29 is 32.3 Å². The van der Waals surface area contributed by atoms with Crippen LogP contribution in [0.25, 0.3) is 10.9 Å². The Labute approximate surface area is 198 Å². The second-order valence-corrected chi connectivity index (χ2v) is 8.18. The number of nitro groups is 1. The van der Waals surface area contributed by atoms with Gasteiger partial charge in [-0.05, 0) is 31.5 Å². The third-order valence-corrected chi connectivity index (χ3v) is 5.61. The first-order valence-electron chi connectivity index (χ1n) is 10.8. The van der Waals surface area contributed by atoms with E-state index in [-0.39, 0.29) is 11.7 Å². The van der Waals surface area contributed by atoms with Crippen molar-refractivity contribution in [2.75, 3.05) is 25.6 Å². The molecule has 1 aliphatic heterocycles. The Balaban J connectivity index is 1.74. The van der Waals surface area contributed by atoms with Gasteiger partial charge in [-0.2, -0.15) is 13.2 Å². The number of anilines is 1. The summed E-state index contributed by atoms with van der Waals surface area (Å²) in [4.78, 5) is 19.2. The van der Waals surface area contributed by atoms with Gasteiger partial charge in [0.1, 0.15) is 17.7 Å². The standard InChI is InChI=1S/C23H23F3N4O5/c1-12(14-6-15(23(24,25)26)8-16(7-14)30(31)32)27-22-18-9-21(35-17-4-5-34-11-17)20(33-3)10-19(18)28-13(2)29-22/h6-10,12,17H,4-5,11H2,1-3H3,(H,27,28,29)/t12-,17+/m1/s1. The first-order chi connectivity index (χ1) is 16.5. The number of methoxy groups -OCH3 is 1. The van der Waals surface area contributed by atoms with Crippen LogP contribution in [0.3, 0.4) is 0 Å². The maximum atomic E-state index is 13.3. The summed E-state index contributed by atoms with van der Waals surface area (Å²) in [6, 6.07) is 5.17. The molecule has 0 radical (unpaired) electrons. The molecule has 9 nitrogen and oxygen atoms in total. The molecule has 1 saturated heterocycles. The second-order valence-electron chi connectivity index (χ2n) is 8.18. The maximum Gasteiger partial charge on any atom is 0.416 e. The Morgan fingerprint density at radius 3 is 2.60 bits per heavy atom. The van der Waals surface area contributed by atoms with Crippen molar-refractivity contribution in [2.45, 2.75) is 38.6 Å². The number of hydrogen-bond donors (Lipinski definition) is 1. The summed E-state index contributed by atoms with van der Waals surface area (Å²) >= 11 is 0. The van der Waals surface area contributed by atoms with Crippen LogP contribution < -0.4 is 14.8 Å². The minimum absolute atomic E-state index is 0.0871. The summed E-state index contributed by atoms with van der Waals surface area (Å²) in [5, 5.41) is 14.9. The molecule has 2 atom stereocenters. The molecule has 0 saturated carbocycles. The summed E-state index contributed by atoms with van der Waals surface area (Å²) in [7, 11) is 1.51. The van der Waals surface area contributed by atoms with Crippen LogP contribution >= 0.6 is 0 Å². The summed E-state index contributed by atoms with van der Waals surface area (Å²) in [5.74, 6) is 1.68. The molecule has 0 aliphatic carbocycles. The average molecular weight is 492 g/mol. The summed E-state index contributed by atoms with van der Waals surface area (Å²) in [5.41, 5.74) is -1.12.